The predicted molar refractivity (Wildman–Crippen MR) is 81.0 cm³/mol. The molecule has 0 heterocycles. The molecule has 2 atom stereocenters. The summed E-state index contributed by atoms with van der Waals surface area (Å²) < 4.78 is 0. The van der Waals surface area contributed by atoms with Crippen molar-refractivity contribution in [3.05, 3.63) is 0 Å². The normalized spacial score (nSPS) is 27.4. The third-order valence-electron chi connectivity index (χ3n) is 4.19. The predicted octanol–water partition coefficient (Wildman–Crippen LogP) is 3.31. The van der Waals surface area contributed by atoms with Gasteiger partial charge in [0.1, 0.15) is 5.54 Å². The molecule has 0 amide bonds. The minimum absolute atomic E-state index is 0.265. The van der Waals surface area contributed by atoms with Gasteiger partial charge in [0, 0.05) is 6.04 Å². The quantitative estimate of drug-likeness (QED) is 0.732. The van der Waals surface area contributed by atoms with Crippen LogP contribution in [0.1, 0.15) is 65.7 Å². The fourth-order valence-corrected chi connectivity index (χ4v) is 3.27. The summed E-state index contributed by atoms with van der Waals surface area (Å²) in [5.74, 6) is 0. The number of nitrogens with zero attached hydrogens (tertiary/aromatic N) is 2. The molecule has 19 heavy (non-hydrogen) atoms. The van der Waals surface area contributed by atoms with Gasteiger partial charge in [-0.25, -0.2) is 0 Å². The van der Waals surface area contributed by atoms with E-state index in [9.17, 15) is 5.26 Å². The summed E-state index contributed by atoms with van der Waals surface area (Å²) in [5.41, 5.74) is -0.265. The van der Waals surface area contributed by atoms with Crippen molar-refractivity contribution in [2.45, 2.75) is 77.3 Å². The Hall–Kier alpha value is -0.590. The van der Waals surface area contributed by atoms with E-state index in [0.29, 0.717) is 6.04 Å². The summed E-state index contributed by atoms with van der Waals surface area (Å²) in [4.78, 5) is 2.61. The zero-order valence-corrected chi connectivity index (χ0v) is 13.0. The van der Waals surface area contributed by atoms with Crippen molar-refractivity contribution >= 4 is 0 Å². The molecule has 0 aromatic heterocycles. The first-order chi connectivity index (χ1) is 9.21. The van der Waals surface area contributed by atoms with E-state index >= 15 is 0 Å². The van der Waals surface area contributed by atoms with Crippen LogP contribution < -0.4 is 5.32 Å². The van der Waals surface area contributed by atoms with Gasteiger partial charge in [0.15, 0.2) is 0 Å². The van der Waals surface area contributed by atoms with Crippen molar-refractivity contribution in [3.63, 3.8) is 0 Å². The van der Waals surface area contributed by atoms with Gasteiger partial charge < -0.3 is 4.90 Å². The molecular weight excluding hydrogens is 234 g/mol. The molecule has 1 aliphatic rings. The Kier molecular flexibility index (Phi) is 7.41. The monoisotopic (exact) mass is 265 g/mol. The molecule has 1 fully saturated rings. The minimum Gasteiger partial charge on any atom is -0.300 e. The highest BCUT2D eigenvalue weighted by Crippen LogP contribution is 2.31. The molecule has 1 N–H and O–H groups in total. The topological polar surface area (TPSA) is 39.1 Å². The van der Waals surface area contributed by atoms with Gasteiger partial charge in [-0.3, -0.25) is 5.32 Å². The highest BCUT2D eigenvalue weighted by atomic mass is 15.2. The van der Waals surface area contributed by atoms with Crippen molar-refractivity contribution in [1.29, 1.82) is 5.26 Å². The lowest BCUT2D eigenvalue weighted by atomic mass is 9.79. The summed E-state index contributed by atoms with van der Waals surface area (Å²) in [6.07, 6.45) is 7.98. The van der Waals surface area contributed by atoms with Crippen molar-refractivity contribution in [2.24, 2.45) is 0 Å². The first kappa shape index (κ1) is 16.5. The molecule has 1 aliphatic carbocycles. The van der Waals surface area contributed by atoms with Crippen molar-refractivity contribution in [3.8, 4) is 6.07 Å². The third-order valence-corrected chi connectivity index (χ3v) is 4.19. The molecule has 0 aromatic carbocycles. The largest absolute Gasteiger partial charge is 0.300 e. The lowest BCUT2D eigenvalue weighted by Gasteiger charge is -2.41. The van der Waals surface area contributed by atoms with Crippen LogP contribution in [0, 0.1) is 11.3 Å². The first-order valence-corrected chi connectivity index (χ1v) is 8.11. The number of hydrogen-bond acceptors (Lipinski definition) is 3. The van der Waals surface area contributed by atoms with Gasteiger partial charge in [-0.2, -0.15) is 5.26 Å². The number of rotatable bonds is 8. The van der Waals surface area contributed by atoms with Gasteiger partial charge in [0.2, 0.25) is 0 Å². The molecular formula is C16H31N3. The van der Waals surface area contributed by atoms with Crippen LogP contribution in [0.4, 0.5) is 0 Å². The molecule has 110 valence electrons. The second kappa shape index (κ2) is 8.55. The zero-order valence-electron chi connectivity index (χ0n) is 13.0. The van der Waals surface area contributed by atoms with E-state index in [0.717, 1.165) is 25.8 Å². The van der Waals surface area contributed by atoms with Gasteiger partial charge in [-0.15, -0.1) is 0 Å². The second-order valence-electron chi connectivity index (χ2n) is 5.91. The summed E-state index contributed by atoms with van der Waals surface area (Å²) in [7, 11) is 0. The van der Waals surface area contributed by atoms with Crippen LogP contribution in [-0.2, 0) is 0 Å². The molecule has 2 unspecified atom stereocenters. The number of nitriles is 1. The average molecular weight is 265 g/mol. The van der Waals surface area contributed by atoms with E-state index in [4.69, 9.17) is 0 Å². The fourth-order valence-electron chi connectivity index (χ4n) is 3.27. The molecule has 0 saturated heterocycles. The molecule has 3 heteroatoms. The molecule has 0 bridgehead atoms. The van der Waals surface area contributed by atoms with Crippen molar-refractivity contribution in [1.82, 2.24) is 10.2 Å². The summed E-state index contributed by atoms with van der Waals surface area (Å²) in [5, 5.41) is 13.1. The van der Waals surface area contributed by atoms with E-state index in [2.05, 4.69) is 37.1 Å². The van der Waals surface area contributed by atoms with Crippen LogP contribution >= 0.6 is 0 Å². The van der Waals surface area contributed by atoms with Gasteiger partial charge in [-0.05, 0) is 64.6 Å². The Morgan fingerprint density at radius 1 is 1.21 bits per heavy atom. The number of nitrogens with one attached hydrogen (secondary N) is 1. The standard InChI is InChI=1S/C16H31N3/c1-4-10-18-16(14-17)9-7-8-15(13-16)19(11-5-2)12-6-3/h15,18H,4-13H2,1-3H3. The Morgan fingerprint density at radius 2 is 1.89 bits per heavy atom. The van der Waals surface area contributed by atoms with E-state index in [1.54, 1.807) is 0 Å². The van der Waals surface area contributed by atoms with Crippen LogP contribution in [0.25, 0.3) is 0 Å². The average Bonchev–Trinajstić information content (AvgIpc) is 2.45. The van der Waals surface area contributed by atoms with Gasteiger partial charge in [0.25, 0.3) is 0 Å². The van der Waals surface area contributed by atoms with Crippen LogP contribution in [-0.4, -0.2) is 36.1 Å². The SMILES string of the molecule is CCCNC1(C#N)CCCC(N(CCC)CCC)C1. The van der Waals surface area contributed by atoms with Crippen LogP contribution in [0.2, 0.25) is 0 Å². The molecule has 3 nitrogen and oxygen atoms in total. The Morgan fingerprint density at radius 3 is 2.42 bits per heavy atom. The van der Waals surface area contributed by atoms with Crippen LogP contribution in [0.3, 0.4) is 0 Å². The lowest BCUT2D eigenvalue weighted by Crippen LogP contribution is -2.53. The van der Waals surface area contributed by atoms with Crippen LogP contribution in [0.5, 0.6) is 0 Å². The van der Waals surface area contributed by atoms with E-state index in [1.807, 2.05) is 0 Å². The summed E-state index contributed by atoms with van der Waals surface area (Å²) >= 11 is 0. The Bertz CT molecular complexity index is 278. The van der Waals surface area contributed by atoms with Gasteiger partial charge >= 0.3 is 0 Å². The van der Waals surface area contributed by atoms with Crippen LogP contribution in [0.15, 0.2) is 0 Å². The minimum atomic E-state index is -0.265. The van der Waals surface area contributed by atoms with Crippen molar-refractivity contribution in [2.75, 3.05) is 19.6 Å². The molecule has 1 rings (SSSR count). The molecule has 0 aromatic rings. The second-order valence-corrected chi connectivity index (χ2v) is 5.91. The lowest BCUT2D eigenvalue weighted by molar-refractivity contribution is 0.119. The zero-order chi connectivity index (χ0) is 14.1. The molecule has 1 saturated carbocycles. The molecule has 0 radical (unpaired) electrons. The maximum atomic E-state index is 9.60. The third kappa shape index (κ3) is 4.78. The molecule has 0 aliphatic heterocycles. The maximum absolute atomic E-state index is 9.60. The molecule has 0 spiro atoms. The van der Waals surface area contributed by atoms with Gasteiger partial charge in [0.05, 0.1) is 6.07 Å². The smallest absolute Gasteiger partial charge is 0.108 e. The Balaban J connectivity index is 2.67. The fraction of sp³-hybridized carbons (Fsp3) is 0.938. The Labute approximate surface area is 119 Å². The van der Waals surface area contributed by atoms with Gasteiger partial charge in [-0.1, -0.05) is 20.8 Å². The highest BCUT2D eigenvalue weighted by molar-refractivity contribution is 5.11. The first-order valence-electron chi connectivity index (χ1n) is 8.11. The van der Waals surface area contributed by atoms with E-state index < -0.39 is 0 Å². The highest BCUT2D eigenvalue weighted by Gasteiger charge is 2.37. The van der Waals surface area contributed by atoms with E-state index in [-0.39, 0.29) is 5.54 Å². The summed E-state index contributed by atoms with van der Waals surface area (Å²) in [6, 6.07) is 3.18. The maximum Gasteiger partial charge on any atom is 0.108 e. The van der Waals surface area contributed by atoms with Crippen molar-refractivity contribution < 1.29 is 0 Å². The van der Waals surface area contributed by atoms with E-state index in [1.165, 1.54) is 38.8 Å². The summed E-state index contributed by atoms with van der Waals surface area (Å²) in [6.45, 7) is 9.97. The number of hydrogen-bond donors (Lipinski definition) is 1.